The highest BCUT2D eigenvalue weighted by molar-refractivity contribution is 7.11. The van der Waals surface area contributed by atoms with Crippen LogP contribution in [-0.4, -0.2) is 56.9 Å². The molecule has 1 aliphatic rings. The maximum atomic E-state index is 12.6. The molecule has 0 spiro atoms. The molecule has 0 aliphatic carbocycles. The molecule has 138 valence electrons. The molecular weight excluding hydrogens is 362 g/mol. The SMILES string of the molecule is Cc1ncsc1C(=O)N1CCN(c2cc(Nc3ccccn3)ncn2)CC1. The van der Waals surface area contributed by atoms with Gasteiger partial charge < -0.3 is 15.1 Å². The van der Waals surface area contributed by atoms with E-state index in [1.807, 2.05) is 36.1 Å². The summed E-state index contributed by atoms with van der Waals surface area (Å²) in [6.07, 6.45) is 3.27. The smallest absolute Gasteiger partial charge is 0.265 e. The van der Waals surface area contributed by atoms with Gasteiger partial charge in [0.2, 0.25) is 0 Å². The van der Waals surface area contributed by atoms with Crippen LogP contribution in [0.25, 0.3) is 0 Å². The molecule has 27 heavy (non-hydrogen) atoms. The Balaban J connectivity index is 1.40. The van der Waals surface area contributed by atoms with Gasteiger partial charge >= 0.3 is 0 Å². The van der Waals surface area contributed by atoms with Gasteiger partial charge in [0.15, 0.2) is 0 Å². The van der Waals surface area contributed by atoms with E-state index in [2.05, 4.69) is 30.2 Å². The molecule has 1 amide bonds. The fraction of sp³-hybridized carbons (Fsp3) is 0.278. The minimum Gasteiger partial charge on any atom is -0.353 e. The summed E-state index contributed by atoms with van der Waals surface area (Å²) in [5.74, 6) is 2.33. The summed E-state index contributed by atoms with van der Waals surface area (Å²) in [4.78, 5) is 34.4. The molecule has 1 N–H and O–H groups in total. The largest absolute Gasteiger partial charge is 0.353 e. The molecule has 1 saturated heterocycles. The molecule has 0 bridgehead atoms. The van der Waals surface area contributed by atoms with Gasteiger partial charge in [0, 0.05) is 38.4 Å². The number of anilines is 3. The first-order valence-electron chi connectivity index (χ1n) is 8.65. The van der Waals surface area contributed by atoms with Crippen molar-refractivity contribution in [3.05, 3.63) is 52.9 Å². The lowest BCUT2D eigenvalue weighted by atomic mass is 10.2. The second-order valence-corrected chi connectivity index (χ2v) is 7.00. The predicted octanol–water partition coefficient (Wildman–Crippen LogP) is 2.34. The summed E-state index contributed by atoms with van der Waals surface area (Å²) in [5, 5.41) is 3.18. The summed E-state index contributed by atoms with van der Waals surface area (Å²) < 4.78 is 0. The van der Waals surface area contributed by atoms with E-state index < -0.39 is 0 Å². The normalized spacial score (nSPS) is 14.3. The number of aromatic nitrogens is 4. The Kier molecular flexibility index (Phi) is 4.93. The van der Waals surface area contributed by atoms with Crippen LogP contribution in [0, 0.1) is 6.92 Å². The number of hydrogen-bond donors (Lipinski definition) is 1. The third-order valence-electron chi connectivity index (χ3n) is 4.40. The first kappa shape index (κ1) is 17.3. The number of thiazole rings is 1. The highest BCUT2D eigenvalue weighted by Crippen LogP contribution is 2.20. The van der Waals surface area contributed by atoms with Gasteiger partial charge in [0.25, 0.3) is 5.91 Å². The lowest BCUT2D eigenvalue weighted by Crippen LogP contribution is -2.49. The molecule has 1 aliphatic heterocycles. The third kappa shape index (κ3) is 3.87. The number of carbonyl (C=O) groups excluding carboxylic acids is 1. The van der Waals surface area contributed by atoms with Crippen molar-refractivity contribution >= 4 is 34.7 Å². The van der Waals surface area contributed by atoms with Crippen LogP contribution in [0.2, 0.25) is 0 Å². The van der Waals surface area contributed by atoms with E-state index in [-0.39, 0.29) is 5.91 Å². The molecule has 0 aromatic carbocycles. The number of pyridine rings is 1. The van der Waals surface area contributed by atoms with Crippen molar-refractivity contribution in [3.63, 3.8) is 0 Å². The fourth-order valence-electron chi connectivity index (χ4n) is 2.95. The minimum atomic E-state index is 0.0647. The zero-order valence-corrected chi connectivity index (χ0v) is 15.7. The van der Waals surface area contributed by atoms with Gasteiger partial charge in [0.05, 0.1) is 11.2 Å². The molecule has 1 fully saturated rings. The van der Waals surface area contributed by atoms with E-state index in [0.717, 1.165) is 35.3 Å². The van der Waals surface area contributed by atoms with Crippen LogP contribution in [0.4, 0.5) is 17.5 Å². The minimum absolute atomic E-state index is 0.0647. The molecule has 0 radical (unpaired) electrons. The van der Waals surface area contributed by atoms with E-state index in [0.29, 0.717) is 18.9 Å². The molecule has 3 aromatic heterocycles. The maximum absolute atomic E-state index is 12.6. The summed E-state index contributed by atoms with van der Waals surface area (Å²) >= 11 is 1.40. The second kappa shape index (κ2) is 7.67. The summed E-state index contributed by atoms with van der Waals surface area (Å²) in [5.41, 5.74) is 2.52. The Morgan fingerprint density at radius 1 is 1.07 bits per heavy atom. The van der Waals surface area contributed by atoms with Crippen molar-refractivity contribution in [2.45, 2.75) is 6.92 Å². The second-order valence-electron chi connectivity index (χ2n) is 6.15. The quantitative estimate of drug-likeness (QED) is 0.742. The lowest BCUT2D eigenvalue weighted by molar-refractivity contribution is 0.0750. The number of rotatable bonds is 4. The Morgan fingerprint density at radius 3 is 2.63 bits per heavy atom. The van der Waals surface area contributed by atoms with Crippen molar-refractivity contribution in [2.75, 3.05) is 36.4 Å². The van der Waals surface area contributed by atoms with Crippen molar-refractivity contribution in [2.24, 2.45) is 0 Å². The average molecular weight is 381 g/mol. The van der Waals surface area contributed by atoms with Crippen LogP contribution in [0.1, 0.15) is 15.4 Å². The Morgan fingerprint density at radius 2 is 1.93 bits per heavy atom. The monoisotopic (exact) mass is 381 g/mol. The van der Waals surface area contributed by atoms with Crippen LogP contribution in [0.3, 0.4) is 0 Å². The third-order valence-corrected chi connectivity index (χ3v) is 5.32. The van der Waals surface area contributed by atoms with Gasteiger partial charge in [-0.1, -0.05) is 6.07 Å². The highest BCUT2D eigenvalue weighted by atomic mass is 32.1. The van der Waals surface area contributed by atoms with Crippen LogP contribution in [-0.2, 0) is 0 Å². The number of hydrogen-bond acceptors (Lipinski definition) is 8. The average Bonchev–Trinajstić information content (AvgIpc) is 3.14. The van der Waals surface area contributed by atoms with Crippen molar-refractivity contribution in [1.82, 2.24) is 24.8 Å². The van der Waals surface area contributed by atoms with Gasteiger partial charge in [0.1, 0.15) is 28.7 Å². The van der Waals surface area contributed by atoms with Gasteiger partial charge in [-0.2, -0.15) is 0 Å². The number of amides is 1. The maximum Gasteiger partial charge on any atom is 0.265 e. The zero-order chi connectivity index (χ0) is 18.6. The van der Waals surface area contributed by atoms with Crippen LogP contribution >= 0.6 is 11.3 Å². The van der Waals surface area contributed by atoms with Crippen LogP contribution < -0.4 is 10.2 Å². The lowest BCUT2D eigenvalue weighted by Gasteiger charge is -2.35. The molecule has 3 aromatic rings. The Hall–Kier alpha value is -3.07. The predicted molar refractivity (Wildman–Crippen MR) is 105 cm³/mol. The van der Waals surface area contributed by atoms with E-state index in [1.165, 1.54) is 11.3 Å². The number of piperazine rings is 1. The van der Waals surface area contributed by atoms with Gasteiger partial charge in [-0.05, 0) is 19.1 Å². The van der Waals surface area contributed by atoms with Gasteiger partial charge in [-0.25, -0.2) is 19.9 Å². The van der Waals surface area contributed by atoms with Crippen molar-refractivity contribution in [1.29, 1.82) is 0 Å². The van der Waals surface area contributed by atoms with Crippen molar-refractivity contribution < 1.29 is 4.79 Å². The number of nitrogens with zero attached hydrogens (tertiary/aromatic N) is 6. The molecule has 0 atom stereocenters. The number of aryl methyl sites for hydroxylation is 1. The summed E-state index contributed by atoms with van der Waals surface area (Å²) in [7, 11) is 0. The molecule has 9 heteroatoms. The van der Waals surface area contributed by atoms with Crippen LogP contribution in [0.15, 0.2) is 42.3 Å². The van der Waals surface area contributed by atoms with Gasteiger partial charge in [-0.15, -0.1) is 11.3 Å². The van der Waals surface area contributed by atoms with Crippen molar-refractivity contribution in [3.8, 4) is 0 Å². The molecule has 0 saturated carbocycles. The molecule has 8 nitrogen and oxygen atoms in total. The summed E-state index contributed by atoms with van der Waals surface area (Å²) in [6, 6.07) is 7.57. The van der Waals surface area contributed by atoms with E-state index in [9.17, 15) is 4.79 Å². The van der Waals surface area contributed by atoms with Gasteiger partial charge in [-0.3, -0.25) is 4.79 Å². The van der Waals surface area contributed by atoms with E-state index >= 15 is 0 Å². The summed E-state index contributed by atoms with van der Waals surface area (Å²) in [6.45, 7) is 4.64. The van der Waals surface area contributed by atoms with Crippen LogP contribution in [0.5, 0.6) is 0 Å². The first-order chi connectivity index (χ1) is 13.2. The molecule has 0 unspecified atom stereocenters. The molecule has 4 heterocycles. The first-order valence-corrected chi connectivity index (χ1v) is 9.53. The van der Waals surface area contributed by atoms with E-state index in [1.54, 1.807) is 18.0 Å². The zero-order valence-electron chi connectivity index (χ0n) is 14.9. The topological polar surface area (TPSA) is 87.1 Å². The standard InChI is InChI=1S/C18H19N7OS/c1-13-17(27-12-22-13)18(26)25-8-6-24(7-9-25)16-10-15(20-11-21-16)23-14-4-2-3-5-19-14/h2-5,10-12H,6-9H2,1H3,(H,19,20,21,23). The number of nitrogens with one attached hydrogen (secondary N) is 1. The molecule has 4 rings (SSSR count). The Bertz CT molecular complexity index is 922. The fourth-order valence-corrected chi connectivity index (χ4v) is 3.72. The highest BCUT2D eigenvalue weighted by Gasteiger charge is 2.25. The Labute approximate surface area is 160 Å². The molecular formula is C18H19N7OS. The van der Waals surface area contributed by atoms with E-state index in [4.69, 9.17) is 0 Å². The number of carbonyl (C=O) groups is 1.